The van der Waals surface area contributed by atoms with Gasteiger partial charge in [0.05, 0.1) is 0 Å². The summed E-state index contributed by atoms with van der Waals surface area (Å²) in [5.74, 6) is 1.29. The number of aromatic nitrogens is 3. The Kier molecular flexibility index (Phi) is 5.51. The first kappa shape index (κ1) is 17.9. The molecule has 136 valence electrons. The van der Waals surface area contributed by atoms with Gasteiger partial charge in [0.1, 0.15) is 11.3 Å². The number of benzene rings is 1. The van der Waals surface area contributed by atoms with Gasteiger partial charge in [0.2, 0.25) is 0 Å². The standard InChI is InChI=1S/C20H25N5O/c1-14(2)13-23-20(26)22-11-12-25-18(16-8-6-15(3)7-9-16)24-17-5-4-10-21-19(17)25/h4-10,14H,11-13H2,1-3H3,(H2,22,23,26). The zero-order chi connectivity index (χ0) is 18.5. The summed E-state index contributed by atoms with van der Waals surface area (Å²) in [5, 5.41) is 5.76. The van der Waals surface area contributed by atoms with Gasteiger partial charge >= 0.3 is 6.03 Å². The maximum absolute atomic E-state index is 11.9. The molecule has 6 heteroatoms. The number of carbonyl (C=O) groups excluding carboxylic acids is 1. The first-order valence-corrected chi connectivity index (χ1v) is 8.94. The predicted molar refractivity (Wildman–Crippen MR) is 104 cm³/mol. The molecule has 0 aliphatic carbocycles. The summed E-state index contributed by atoms with van der Waals surface area (Å²) in [7, 11) is 0. The van der Waals surface area contributed by atoms with Crippen molar-refractivity contribution < 1.29 is 4.79 Å². The van der Waals surface area contributed by atoms with E-state index in [1.54, 1.807) is 6.20 Å². The molecule has 0 bridgehead atoms. The topological polar surface area (TPSA) is 71.8 Å². The normalized spacial score (nSPS) is 11.1. The summed E-state index contributed by atoms with van der Waals surface area (Å²) in [5.41, 5.74) is 3.93. The Labute approximate surface area is 153 Å². The second kappa shape index (κ2) is 7.99. The molecule has 2 N–H and O–H groups in total. The molecule has 2 heterocycles. The van der Waals surface area contributed by atoms with E-state index in [-0.39, 0.29) is 6.03 Å². The number of fused-ring (bicyclic) bond motifs is 1. The minimum atomic E-state index is -0.145. The highest BCUT2D eigenvalue weighted by molar-refractivity contribution is 5.77. The minimum absolute atomic E-state index is 0.145. The SMILES string of the molecule is Cc1ccc(-c2nc3cccnc3n2CCNC(=O)NCC(C)C)cc1. The third kappa shape index (κ3) is 4.20. The quantitative estimate of drug-likeness (QED) is 0.715. The number of pyridine rings is 1. The molecule has 0 fully saturated rings. The Morgan fingerprint density at radius 3 is 2.65 bits per heavy atom. The smallest absolute Gasteiger partial charge is 0.314 e. The third-order valence-electron chi connectivity index (χ3n) is 4.11. The van der Waals surface area contributed by atoms with Crippen LogP contribution in [0.3, 0.4) is 0 Å². The minimum Gasteiger partial charge on any atom is -0.338 e. The van der Waals surface area contributed by atoms with Crippen LogP contribution in [0.5, 0.6) is 0 Å². The molecule has 26 heavy (non-hydrogen) atoms. The van der Waals surface area contributed by atoms with E-state index in [2.05, 4.69) is 65.2 Å². The van der Waals surface area contributed by atoms with E-state index in [0.717, 1.165) is 22.6 Å². The van der Waals surface area contributed by atoms with Gasteiger partial charge in [-0.2, -0.15) is 0 Å². The van der Waals surface area contributed by atoms with Crippen molar-refractivity contribution in [2.24, 2.45) is 5.92 Å². The summed E-state index contributed by atoms with van der Waals surface area (Å²) in [6.07, 6.45) is 1.77. The molecule has 0 unspecified atom stereocenters. The van der Waals surface area contributed by atoms with Crippen LogP contribution < -0.4 is 10.6 Å². The third-order valence-corrected chi connectivity index (χ3v) is 4.11. The molecule has 1 aromatic carbocycles. The Morgan fingerprint density at radius 1 is 1.15 bits per heavy atom. The van der Waals surface area contributed by atoms with E-state index >= 15 is 0 Å². The van der Waals surface area contributed by atoms with Crippen molar-refractivity contribution in [3.63, 3.8) is 0 Å². The van der Waals surface area contributed by atoms with Crippen LogP contribution in [-0.2, 0) is 6.54 Å². The van der Waals surface area contributed by atoms with E-state index in [4.69, 9.17) is 4.98 Å². The first-order valence-electron chi connectivity index (χ1n) is 8.94. The van der Waals surface area contributed by atoms with E-state index in [9.17, 15) is 4.79 Å². The molecule has 0 aliphatic rings. The summed E-state index contributed by atoms with van der Waals surface area (Å²) < 4.78 is 2.06. The lowest BCUT2D eigenvalue weighted by molar-refractivity contribution is 0.239. The Hall–Kier alpha value is -2.89. The van der Waals surface area contributed by atoms with Gasteiger partial charge in [-0.3, -0.25) is 0 Å². The number of hydrogen-bond acceptors (Lipinski definition) is 3. The number of amides is 2. The van der Waals surface area contributed by atoms with Gasteiger partial charge in [0, 0.05) is 31.4 Å². The highest BCUT2D eigenvalue weighted by Gasteiger charge is 2.13. The molecule has 0 saturated heterocycles. The average Bonchev–Trinajstić information content (AvgIpc) is 2.99. The number of rotatable bonds is 6. The number of nitrogens with zero attached hydrogens (tertiary/aromatic N) is 3. The van der Waals surface area contributed by atoms with Crippen LogP contribution in [0.15, 0.2) is 42.6 Å². The number of urea groups is 1. The fraction of sp³-hybridized carbons (Fsp3) is 0.350. The molecule has 0 aliphatic heterocycles. The molecule has 0 spiro atoms. The highest BCUT2D eigenvalue weighted by atomic mass is 16.2. The van der Waals surface area contributed by atoms with Crippen LogP contribution in [0, 0.1) is 12.8 Å². The van der Waals surface area contributed by atoms with Crippen LogP contribution in [0.4, 0.5) is 4.79 Å². The number of carbonyl (C=O) groups is 1. The lowest BCUT2D eigenvalue weighted by Gasteiger charge is -2.12. The van der Waals surface area contributed by atoms with E-state index < -0.39 is 0 Å². The molecule has 2 aromatic heterocycles. The van der Waals surface area contributed by atoms with Gasteiger partial charge in [-0.15, -0.1) is 0 Å². The monoisotopic (exact) mass is 351 g/mol. The van der Waals surface area contributed by atoms with Crippen molar-refractivity contribution >= 4 is 17.2 Å². The fourth-order valence-electron chi connectivity index (χ4n) is 2.73. The Bertz CT molecular complexity index is 883. The van der Waals surface area contributed by atoms with Crippen LogP contribution in [0.25, 0.3) is 22.6 Å². The lowest BCUT2D eigenvalue weighted by atomic mass is 10.1. The predicted octanol–water partition coefficient (Wildman–Crippen LogP) is 3.36. The maximum atomic E-state index is 11.9. The average molecular weight is 351 g/mol. The van der Waals surface area contributed by atoms with E-state index in [1.807, 2.05) is 12.1 Å². The number of hydrogen-bond donors (Lipinski definition) is 2. The summed E-state index contributed by atoms with van der Waals surface area (Å²) >= 11 is 0. The van der Waals surface area contributed by atoms with Crippen molar-refractivity contribution in [3.8, 4) is 11.4 Å². The number of imidazole rings is 1. The van der Waals surface area contributed by atoms with Crippen LogP contribution in [0.1, 0.15) is 19.4 Å². The van der Waals surface area contributed by atoms with Gasteiger partial charge in [-0.25, -0.2) is 14.8 Å². The molecule has 6 nitrogen and oxygen atoms in total. The van der Waals surface area contributed by atoms with Crippen molar-refractivity contribution in [1.29, 1.82) is 0 Å². The van der Waals surface area contributed by atoms with Crippen LogP contribution in [0.2, 0.25) is 0 Å². The van der Waals surface area contributed by atoms with E-state index in [1.165, 1.54) is 5.56 Å². The molecular formula is C20H25N5O. The Morgan fingerprint density at radius 2 is 1.92 bits per heavy atom. The summed E-state index contributed by atoms with van der Waals surface area (Å²) in [4.78, 5) is 21.1. The van der Waals surface area contributed by atoms with Gasteiger partial charge in [0.15, 0.2) is 5.65 Å². The van der Waals surface area contributed by atoms with Crippen molar-refractivity contribution in [2.45, 2.75) is 27.3 Å². The van der Waals surface area contributed by atoms with Gasteiger partial charge in [-0.05, 0) is 25.0 Å². The van der Waals surface area contributed by atoms with Crippen molar-refractivity contribution in [2.75, 3.05) is 13.1 Å². The van der Waals surface area contributed by atoms with Gasteiger partial charge < -0.3 is 15.2 Å². The lowest BCUT2D eigenvalue weighted by Crippen LogP contribution is -2.38. The molecule has 0 atom stereocenters. The number of aryl methyl sites for hydroxylation is 1. The van der Waals surface area contributed by atoms with Crippen LogP contribution in [-0.4, -0.2) is 33.7 Å². The molecule has 2 amide bonds. The van der Waals surface area contributed by atoms with Gasteiger partial charge in [0.25, 0.3) is 0 Å². The van der Waals surface area contributed by atoms with E-state index in [0.29, 0.717) is 25.6 Å². The van der Waals surface area contributed by atoms with Crippen molar-refractivity contribution in [3.05, 3.63) is 48.2 Å². The maximum Gasteiger partial charge on any atom is 0.314 e. The molecule has 3 rings (SSSR count). The van der Waals surface area contributed by atoms with Gasteiger partial charge in [-0.1, -0.05) is 43.7 Å². The number of nitrogens with one attached hydrogen (secondary N) is 2. The fourth-order valence-corrected chi connectivity index (χ4v) is 2.73. The molecule has 0 saturated carbocycles. The summed E-state index contributed by atoms with van der Waals surface area (Å²) in [6.45, 7) is 7.97. The molecule has 0 radical (unpaired) electrons. The van der Waals surface area contributed by atoms with Crippen molar-refractivity contribution in [1.82, 2.24) is 25.2 Å². The second-order valence-corrected chi connectivity index (χ2v) is 6.83. The second-order valence-electron chi connectivity index (χ2n) is 6.83. The molecular weight excluding hydrogens is 326 g/mol. The summed E-state index contributed by atoms with van der Waals surface area (Å²) in [6, 6.07) is 12.0. The zero-order valence-electron chi connectivity index (χ0n) is 15.5. The van der Waals surface area contributed by atoms with Crippen LogP contribution >= 0.6 is 0 Å². The largest absolute Gasteiger partial charge is 0.338 e. The molecule has 3 aromatic rings. The first-order chi connectivity index (χ1) is 12.5. The highest BCUT2D eigenvalue weighted by Crippen LogP contribution is 2.23. The Balaban J connectivity index is 1.79. The zero-order valence-corrected chi connectivity index (χ0v) is 15.5.